The van der Waals surface area contributed by atoms with E-state index in [2.05, 4.69) is 21.8 Å². The average Bonchev–Trinajstić information content (AvgIpc) is 2.14. The monoisotopic (exact) mass is 180 g/mol. The summed E-state index contributed by atoms with van der Waals surface area (Å²) in [4.78, 5) is 7.90. The molecule has 0 spiro atoms. The molecule has 1 rings (SSSR count). The van der Waals surface area contributed by atoms with Crippen LogP contribution < -0.4 is 0 Å². The first-order chi connectivity index (χ1) is 5.93. The predicted octanol–water partition coefficient (Wildman–Crippen LogP) is 1.85. The maximum atomic E-state index is 5.49. The Hall–Kier alpha value is -1.07. The molecular weight excluding hydrogens is 172 g/mol. The molecule has 0 aromatic carbocycles. The Morgan fingerprint density at radius 3 is 3.00 bits per heavy atom. The maximum Gasteiger partial charge on any atom is 0.131 e. The molecule has 12 heavy (non-hydrogen) atoms. The molecule has 0 bridgehead atoms. The Balaban J connectivity index is 2.44. The largest absolute Gasteiger partial charge is 0.260 e. The first-order valence-electron chi connectivity index (χ1n) is 3.74. The van der Waals surface area contributed by atoms with Gasteiger partial charge in [-0.3, -0.25) is 4.98 Å². The minimum absolute atomic E-state index is 0.662. The van der Waals surface area contributed by atoms with E-state index in [1.807, 2.05) is 0 Å². The molecule has 0 atom stereocenters. The Morgan fingerprint density at radius 1 is 1.42 bits per heavy atom. The van der Waals surface area contributed by atoms with Crippen molar-refractivity contribution in [2.45, 2.75) is 12.8 Å². The zero-order valence-electron chi connectivity index (χ0n) is 6.63. The zero-order valence-corrected chi connectivity index (χ0v) is 7.38. The molecule has 0 aliphatic carbocycles. The van der Waals surface area contributed by atoms with Crippen LogP contribution in [0.4, 0.5) is 0 Å². The first kappa shape index (κ1) is 9.02. The smallest absolute Gasteiger partial charge is 0.131 e. The van der Waals surface area contributed by atoms with Crippen LogP contribution in [0.5, 0.6) is 0 Å². The summed E-state index contributed by atoms with van der Waals surface area (Å²) in [6, 6.07) is 0. The molecule has 0 aliphatic heterocycles. The van der Waals surface area contributed by atoms with Crippen LogP contribution in [0.1, 0.15) is 18.5 Å². The van der Waals surface area contributed by atoms with Crippen LogP contribution in [-0.4, -0.2) is 15.8 Å². The number of nitrogens with zero attached hydrogens (tertiary/aromatic N) is 2. The summed E-state index contributed by atoms with van der Waals surface area (Å²) in [5, 5.41) is 0. The molecule has 3 heteroatoms. The number of aromatic nitrogens is 2. The second-order valence-corrected chi connectivity index (χ2v) is 2.56. The van der Waals surface area contributed by atoms with Gasteiger partial charge in [0.05, 0.1) is 6.20 Å². The average molecular weight is 181 g/mol. The quantitative estimate of drug-likeness (QED) is 0.394. The van der Waals surface area contributed by atoms with E-state index in [1.165, 1.54) is 0 Å². The van der Waals surface area contributed by atoms with Crippen LogP contribution >= 0.6 is 11.6 Å². The van der Waals surface area contributed by atoms with Gasteiger partial charge in [-0.25, -0.2) is 4.98 Å². The molecule has 62 valence electrons. The van der Waals surface area contributed by atoms with Crippen molar-refractivity contribution >= 4 is 11.6 Å². The lowest BCUT2D eigenvalue weighted by molar-refractivity contribution is 0.991. The number of hydrogen-bond donors (Lipinski definition) is 0. The van der Waals surface area contributed by atoms with Crippen molar-refractivity contribution in [3.8, 4) is 11.8 Å². The van der Waals surface area contributed by atoms with Crippen molar-refractivity contribution in [3.63, 3.8) is 0 Å². The van der Waals surface area contributed by atoms with Gasteiger partial charge in [0.15, 0.2) is 0 Å². The van der Waals surface area contributed by atoms with Crippen molar-refractivity contribution in [2.75, 3.05) is 5.88 Å². The van der Waals surface area contributed by atoms with E-state index in [9.17, 15) is 0 Å². The third-order valence-corrected chi connectivity index (χ3v) is 1.48. The fraction of sp³-hybridized carbons (Fsp3) is 0.333. The number of alkyl halides is 1. The van der Waals surface area contributed by atoms with Crippen molar-refractivity contribution < 1.29 is 0 Å². The normalized spacial score (nSPS) is 8.75. The van der Waals surface area contributed by atoms with Crippen molar-refractivity contribution in [2.24, 2.45) is 0 Å². The van der Waals surface area contributed by atoms with E-state index in [1.54, 1.807) is 18.6 Å². The Labute approximate surface area is 77.0 Å². The summed E-state index contributed by atoms with van der Waals surface area (Å²) < 4.78 is 0. The van der Waals surface area contributed by atoms with Gasteiger partial charge in [0.2, 0.25) is 0 Å². The van der Waals surface area contributed by atoms with E-state index in [0.29, 0.717) is 11.6 Å². The third-order valence-electron chi connectivity index (χ3n) is 1.22. The summed E-state index contributed by atoms with van der Waals surface area (Å²) in [7, 11) is 0. The predicted molar refractivity (Wildman–Crippen MR) is 48.9 cm³/mol. The highest BCUT2D eigenvalue weighted by Gasteiger charge is 1.83. The molecule has 0 N–H and O–H groups in total. The maximum absolute atomic E-state index is 5.49. The van der Waals surface area contributed by atoms with Crippen molar-refractivity contribution in [3.05, 3.63) is 24.3 Å². The van der Waals surface area contributed by atoms with E-state index < -0.39 is 0 Å². The highest BCUT2D eigenvalue weighted by atomic mass is 35.5. The minimum Gasteiger partial charge on any atom is -0.260 e. The molecule has 1 heterocycles. The Bertz CT molecular complexity index is 274. The molecule has 0 saturated heterocycles. The molecule has 0 amide bonds. The minimum atomic E-state index is 0.662. The zero-order chi connectivity index (χ0) is 8.65. The van der Waals surface area contributed by atoms with Gasteiger partial charge in [0, 0.05) is 24.7 Å². The fourth-order valence-corrected chi connectivity index (χ4v) is 0.806. The van der Waals surface area contributed by atoms with Crippen LogP contribution in [-0.2, 0) is 0 Å². The SMILES string of the molecule is ClCCCC#Cc1cnccn1. The standard InChI is InChI=1S/C9H9ClN2/c10-5-3-1-2-4-9-8-11-6-7-12-9/h6-8H,1,3,5H2. The lowest BCUT2D eigenvalue weighted by Gasteiger charge is -1.85. The van der Waals surface area contributed by atoms with Gasteiger partial charge >= 0.3 is 0 Å². The molecule has 0 saturated carbocycles. The van der Waals surface area contributed by atoms with Gasteiger partial charge in [0.25, 0.3) is 0 Å². The summed E-state index contributed by atoms with van der Waals surface area (Å²) in [5.41, 5.74) is 0.715. The number of halogens is 1. The second kappa shape index (κ2) is 5.56. The lowest BCUT2D eigenvalue weighted by Crippen LogP contribution is -1.81. The summed E-state index contributed by atoms with van der Waals surface area (Å²) >= 11 is 5.49. The molecule has 1 aromatic heterocycles. The topological polar surface area (TPSA) is 25.8 Å². The van der Waals surface area contributed by atoms with Crippen LogP contribution in [0.2, 0.25) is 0 Å². The lowest BCUT2D eigenvalue weighted by atomic mass is 10.3. The highest BCUT2D eigenvalue weighted by molar-refractivity contribution is 6.17. The fourth-order valence-electron chi connectivity index (χ4n) is 0.672. The van der Waals surface area contributed by atoms with Crippen molar-refractivity contribution in [1.82, 2.24) is 9.97 Å². The third kappa shape index (κ3) is 3.36. The van der Waals surface area contributed by atoms with E-state index in [4.69, 9.17) is 11.6 Å². The van der Waals surface area contributed by atoms with Gasteiger partial charge in [-0.2, -0.15) is 0 Å². The number of unbranched alkanes of at least 4 members (excludes halogenated alkanes) is 1. The van der Waals surface area contributed by atoms with Gasteiger partial charge in [0.1, 0.15) is 5.69 Å². The van der Waals surface area contributed by atoms with Gasteiger partial charge in [-0.05, 0) is 12.3 Å². The van der Waals surface area contributed by atoms with Crippen LogP contribution in [0, 0.1) is 11.8 Å². The summed E-state index contributed by atoms with van der Waals surface area (Å²) in [6.07, 6.45) is 6.65. The summed E-state index contributed by atoms with van der Waals surface area (Å²) in [6.45, 7) is 0. The van der Waals surface area contributed by atoms with Crippen molar-refractivity contribution in [1.29, 1.82) is 0 Å². The Morgan fingerprint density at radius 2 is 2.33 bits per heavy atom. The first-order valence-corrected chi connectivity index (χ1v) is 4.28. The summed E-state index contributed by atoms with van der Waals surface area (Å²) in [5.74, 6) is 6.52. The van der Waals surface area contributed by atoms with Gasteiger partial charge in [-0.15, -0.1) is 11.6 Å². The van der Waals surface area contributed by atoms with Gasteiger partial charge in [-0.1, -0.05) is 5.92 Å². The van der Waals surface area contributed by atoms with Crippen LogP contribution in [0.15, 0.2) is 18.6 Å². The van der Waals surface area contributed by atoms with E-state index in [-0.39, 0.29) is 0 Å². The Kier molecular flexibility index (Phi) is 4.18. The van der Waals surface area contributed by atoms with Crippen LogP contribution in [0.3, 0.4) is 0 Å². The molecule has 0 unspecified atom stereocenters. The van der Waals surface area contributed by atoms with E-state index >= 15 is 0 Å². The molecular formula is C9H9ClN2. The molecule has 0 radical (unpaired) electrons. The molecule has 0 aliphatic rings. The van der Waals surface area contributed by atoms with Gasteiger partial charge < -0.3 is 0 Å². The second-order valence-electron chi connectivity index (χ2n) is 2.18. The molecule has 1 aromatic rings. The molecule has 0 fully saturated rings. The van der Waals surface area contributed by atoms with E-state index in [0.717, 1.165) is 12.8 Å². The number of hydrogen-bond acceptors (Lipinski definition) is 2. The molecule has 2 nitrogen and oxygen atoms in total. The van der Waals surface area contributed by atoms with Crippen LogP contribution in [0.25, 0.3) is 0 Å². The highest BCUT2D eigenvalue weighted by Crippen LogP contribution is 1.90. The number of rotatable bonds is 2.